The molecular formula is C13H18N4O2. The first-order valence-electron chi connectivity index (χ1n) is 6.16. The van der Waals surface area contributed by atoms with Crippen molar-refractivity contribution in [3.8, 4) is 0 Å². The summed E-state index contributed by atoms with van der Waals surface area (Å²) in [5.41, 5.74) is 1.42. The smallest absolute Gasteiger partial charge is 0.354 e. The summed E-state index contributed by atoms with van der Waals surface area (Å²) in [5, 5.41) is 7.52. The van der Waals surface area contributed by atoms with Gasteiger partial charge < -0.3 is 15.0 Å². The van der Waals surface area contributed by atoms with E-state index in [-0.39, 0.29) is 12.0 Å². The second kappa shape index (κ2) is 6.19. The Morgan fingerprint density at radius 2 is 2.42 bits per heavy atom. The summed E-state index contributed by atoms with van der Waals surface area (Å²) in [6.45, 7) is 3.56. The summed E-state index contributed by atoms with van der Waals surface area (Å²) in [6.07, 6.45) is 3.70. The predicted octanol–water partition coefficient (Wildman–Crippen LogP) is 1.18. The van der Waals surface area contributed by atoms with Crippen molar-refractivity contribution in [2.75, 3.05) is 7.11 Å². The number of nitrogens with one attached hydrogen (secondary N) is 2. The molecule has 2 aromatic heterocycles. The van der Waals surface area contributed by atoms with E-state index in [2.05, 4.69) is 27.1 Å². The number of methoxy groups -OCH3 is 1. The highest BCUT2D eigenvalue weighted by Crippen LogP contribution is 2.03. The van der Waals surface area contributed by atoms with Crippen LogP contribution in [0.2, 0.25) is 0 Å². The molecular weight excluding hydrogens is 244 g/mol. The van der Waals surface area contributed by atoms with Crippen LogP contribution in [0.3, 0.4) is 0 Å². The first-order chi connectivity index (χ1) is 9.19. The summed E-state index contributed by atoms with van der Waals surface area (Å²) >= 11 is 0. The molecule has 0 bridgehead atoms. The van der Waals surface area contributed by atoms with Gasteiger partial charge in [0.1, 0.15) is 5.69 Å². The second-order valence-electron chi connectivity index (χ2n) is 4.40. The molecule has 0 fully saturated rings. The molecule has 0 amide bonds. The van der Waals surface area contributed by atoms with Crippen molar-refractivity contribution in [2.45, 2.75) is 26.1 Å². The van der Waals surface area contributed by atoms with Crippen LogP contribution in [0.4, 0.5) is 0 Å². The number of carbonyl (C=O) groups excluding carboxylic acids is 1. The van der Waals surface area contributed by atoms with Gasteiger partial charge in [0.15, 0.2) is 0 Å². The van der Waals surface area contributed by atoms with Crippen molar-refractivity contribution in [2.24, 2.45) is 0 Å². The number of aromatic amines is 1. The normalized spacial score (nSPS) is 12.3. The van der Waals surface area contributed by atoms with Crippen molar-refractivity contribution < 1.29 is 9.53 Å². The van der Waals surface area contributed by atoms with Crippen molar-refractivity contribution in [1.29, 1.82) is 0 Å². The maximum Gasteiger partial charge on any atom is 0.354 e. The monoisotopic (exact) mass is 262 g/mol. The lowest BCUT2D eigenvalue weighted by Crippen LogP contribution is -2.30. The molecule has 0 aliphatic carbocycles. The summed E-state index contributed by atoms with van der Waals surface area (Å²) in [7, 11) is 1.37. The molecule has 19 heavy (non-hydrogen) atoms. The number of nitrogens with zero attached hydrogens (tertiary/aromatic N) is 2. The van der Waals surface area contributed by atoms with Crippen molar-refractivity contribution in [3.05, 3.63) is 42.0 Å². The van der Waals surface area contributed by atoms with Crippen LogP contribution in [-0.4, -0.2) is 33.9 Å². The van der Waals surface area contributed by atoms with Crippen LogP contribution < -0.4 is 5.32 Å². The zero-order valence-electron chi connectivity index (χ0n) is 11.1. The third-order valence-electron chi connectivity index (χ3n) is 2.81. The van der Waals surface area contributed by atoms with E-state index < -0.39 is 0 Å². The molecule has 0 spiro atoms. The Bertz CT molecular complexity index is 518. The van der Waals surface area contributed by atoms with E-state index >= 15 is 0 Å². The van der Waals surface area contributed by atoms with Gasteiger partial charge >= 0.3 is 5.97 Å². The zero-order chi connectivity index (χ0) is 13.7. The first-order valence-corrected chi connectivity index (χ1v) is 6.16. The summed E-state index contributed by atoms with van der Waals surface area (Å²) in [5.74, 6) is -0.351. The number of rotatable bonds is 6. The van der Waals surface area contributed by atoms with Crippen molar-refractivity contribution in [3.63, 3.8) is 0 Å². The molecule has 2 rings (SSSR count). The molecule has 2 N–H and O–H groups in total. The van der Waals surface area contributed by atoms with E-state index in [0.29, 0.717) is 12.2 Å². The largest absolute Gasteiger partial charge is 0.464 e. The minimum absolute atomic E-state index is 0.282. The molecule has 0 aliphatic rings. The van der Waals surface area contributed by atoms with Gasteiger partial charge in [0, 0.05) is 30.7 Å². The Balaban J connectivity index is 1.81. The molecule has 6 heteroatoms. The Kier molecular flexibility index (Phi) is 4.35. The predicted molar refractivity (Wildman–Crippen MR) is 70.7 cm³/mol. The van der Waals surface area contributed by atoms with Crippen molar-refractivity contribution in [1.82, 2.24) is 20.1 Å². The highest BCUT2D eigenvalue weighted by atomic mass is 16.5. The van der Waals surface area contributed by atoms with Gasteiger partial charge in [-0.05, 0) is 25.1 Å². The Hall–Kier alpha value is -2.08. The first kappa shape index (κ1) is 13.4. The van der Waals surface area contributed by atoms with Gasteiger partial charge in [-0.1, -0.05) is 0 Å². The minimum atomic E-state index is -0.351. The average Bonchev–Trinajstić information content (AvgIpc) is 3.06. The third kappa shape index (κ3) is 3.69. The van der Waals surface area contributed by atoms with E-state index in [1.807, 2.05) is 23.0 Å². The Morgan fingerprint density at radius 3 is 3.11 bits per heavy atom. The SMILES string of the molecule is COC(=O)c1ccc(CNC(C)Cn2cccn2)[nH]1. The molecule has 1 atom stereocenters. The quantitative estimate of drug-likeness (QED) is 0.767. The fourth-order valence-electron chi connectivity index (χ4n) is 1.81. The molecule has 0 radical (unpaired) electrons. The molecule has 0 saturated heterocycles. The molecule has 6 nitrogen and oxygen atoms in total. The van der Waals surface area contributed by atoms with Crippen LogP contribution in [0.5, 0.6) is 0 Å². The number of esters is 1. The average molecular weight is 262 g/mol. The maximum atomic E-state index is 11.3. The standard InChI is InChI=1S/C13H18N4O2/c1-10(9-17-7-3-6-15-17)14-8-11-4-5-12(16-11)13(18)19-2/h3-7,10,14,16H,8-9H2,1-2H3. The topological polar surface area (TPSA) is 71.9 Å². The minimum Gasteiger partial charge on any atom is -0.464 e. The number of ether oxygens (including phenoxy) is 1. The lowest BCUT2D eigenvalue weighted by molar-refractivity contribution is 0.0594. The van der Waals surface area contributed by atoms with Crippen LogP contribution in [0, 0.1) is 0 Å². The number of H-pyrrole nitrogens is 1. The number of hydrogen-bond donors (Lipinski definition) is 2. The van der Waals surface area contributed by atoms with Gasteiger partial charge in [0.05, 0.1) is 13.7 Å². The summed E-state index contributed by atoms with van der Waals surface area (Å²) < 4.78 is 6.52. The van der Waals surface area contributed by atoms with Crippen LogP contribution in [0.15, 0.2) is 30.6 Å². The van der Waals surface area contributed by atoms with E-state index in [4.69, 9.17) is 0 Å². The zero-order valence-corrected chi connectivity index (χ0v) is 11.1. The van der Waals surface area contributed by atoms with Gasteiger partial charge in [-0.2, -0.15) is 5.10 Å². The highest BCUT2D eigenvalue weighted by molar-refractivity contribution is 5.87. The summed E-state index contributed by atoms with van der Waals surface area (Å²) in [6, 6.07) is 5.78. The molecule has 0 aliphatic heterocycles. The second-order valence-corrected chi connectivity index (χ2v) is 4.40. The lowest BCUT2D eigenvalue weighted by atomic mass is 10.3. The highest BCUT2D eigenvalue weighted by Gasteiger charge is 2.08. The molecule has 2 aromatic rings. The maximum absolute atomic E-state index is 11.3. The summed E-state index contributed by atoms with van der Waals surface area (Å²) in [4.78, 5) is 14.3. The van der Waals surface area contributed by atoms with Crippen LogP contribution in [-0.2, 0) is 17.8 Å². The van der Waals surface area contributed by atoms with Gasteiger partial charge in [-0.25, -0.2) is 4.79 Å². The van der Waals surface area contributed by atoms with E-state index in [0.717, 1.165) is 12.2 Å². The number of aromatic nitrogens is 3. The fraction of sp³-hybridized carbons (Fsp3) is 0.385. The van der Waals surface area contributed by atoms with Crippen LogP contribution >= 0.6 is 0 Å². The Labute approximate surface area is 111 Å². The lowest BCUT2D eigenvalue weighted by Gasteiger charge is -2.13. The molecule has 0 saturated carbocycles. The van der Waals surface area contributed by atoms with Gasteiger partial charge in [-0.3, -0.25) is 4.68 Å². The molecule has 102 valence electrons. The van der Waals surface area contributed by atoms with Crippen molar-refractivity contribution >= 4 is 5.97 Å². The van der Waals surface area contributed by atoms with Gasteiger partial charge in [-0.15, -0.1) is 0 Å². The third-order valence-corrected chi connectivity index (χ3v) is 2.81. The van der Waals surface area contributed by atoms with E-state index in [9.17, 15) is 4.79 Å². The molecule has 0 aromatic carbocycles. The van der Waals surface area contributed by atoms with Gasteiger partial charge in [0.25, 0.3) is 0 Å². The Morgan fingerprint density at radius 1 is 1.58 bits per heavy atom. The van der Waals surface area contributed by atoms with E-state index in [1.165, 1.54) is 7.11 Å². The van der Waals surface area contributed by atoms with E-state index in [1.54, 1.807) is 12.3 Å². The number of carbonyl (C=O) groups is 1. The van der Waals surface area contributed by atoms with Gasteiger partial charge in [0.2, 0.25) is 0 Å². The van der Waals surface area contributed by atoms with Crippen LogP contribution in [0.25, 0.3) is 0 Å². The number of hydrogen-bond acceptors (Lipinski definition) is 4. The molecule has 1 unspecified atom stereocenters. The van der Waals surface area contributed by atoms with Crippen LogP contribution in [0.1, 0.15) is 23.1 Å². The molecule has 2 heterocycles. The fourth-order valence-corrected chi connectivity index (χ4v) is 1.81.